The molecule has 0 unspecified atom stereocenters. The van der Waals surface area contributed by atoms with Gasteiger partial charge in [0.1, 0.15) is 9.83 Å². The number of rotatable bonds is 0. The minimum atomic E-state index is -1.41. The summed E-state index contributed by atoms with van der Waals surface area (Å²) in [6.07, 6.45) is -1.41. The zero-order chi connectivity index (χ0) is 7.72. The highest BCUT2D eigenvalue weighted by Gasteiger charge is 2.41. The van der Waals surface area contributed by atoms with E-state index in [-0.39, 0.29) is 11.5 Å². The molecule has 1 rings (SSSR count). The molecule has 0 saturated heterocycles. The fourth-order valence-corrected chi connectivity index (χ4v) is 0.589. The highest BCUT2D eigenvalue weighted by atomic mass is 16.9. The van der Waals surface area contributed by atoms with E-state index in [0.717, 1.165) is 0 Å². The maximum Gasteiger partial charge on any atom is 0.561 e. The van der Waals surface area contributed by atoms with Gasteiger partial charge in [-0.3, -0.25) is 15.3 Å². The van der Waals surface area contributed by atoms with Crippen molar-refractivity contribution in [1.82, 2.24) is 0 Å². The third kappa shape index (κ3) is 0.860. The van der Waals surface area contributed by atoms with Crippen molar-refractivity contribution in [3.63, 3.8) is 0 Å². The van der Waals surface area contributed by atoms with Crippen LogP contribution in [0.3, 0.4) is 0 Å². The lowest BCUT2D eigenvalue weighted by Gasteiger charge is -1.89. The molecule has 0 radical (unpaired) electrons. The van der Waals surface area contributed by atoms with Gasteiger partial charge in [0, 0.05) is 0 Å². The Hall–Kier alpha value is -1.37. The minimum Gasteiger partial charge on any atom is -0.395 e. The molecule has 0 aromatic rings. The van der Waals surface area contributed by atoms with Crippen LogP contribution in [0, 0.1) is 15.3 Å². The van der Waals surface area contributed by atoms with Gasteiger partial charge in [0.15, 0.2) is 0 Å². The van der Waals surface area contributed by atoms with Crippen molar-refractivity contribution in [2.45, 2.75) is 6.10 Å². The van der Waals surface area contributed by atoms with Gasteiger partial charge in [0.2, 0.25) is 6.10 Å². The van der Waals surface area contributed by atoms with Gasteiger partial charge in [0.25, 0.3) is 0 Å². The van der Waals surface area contributed by atoms with Crippen molar-refractivity contribution in [2.75, 3.05) is 6.61 Å². The lowest BCUT2D eigenvalue weighted by atomic mass is 10.4. The normalized spacial score (nSPS) is 24.7. The topological polar surface area (TPSA) is 98.7 Å². The van der Waals surface area contributed by atoms with Crippen molar-refractivity contribution >= 4 is 5.84 Å². The summed E-state index contributed by atoms with van der Waals surface area (Å²) in [7, 11) is 0. The fraction of sp³-hybridized carbons (Fsp3) is 0.667. The smallest absolute Gasteiger partial charge is 0.395 e. The van der Waals surface area contributed by atoms with Crippen molar-refractivity contribution < 1.29 is 19.8 Å². The first-order valence-corrected chi connectivity index (χ1v) is 2.42. The largest absolute Gasteiger partial charge is 0.561 e. The molecular formula is C3H4N2O5. The maximum atomic E-state index is 10.3. The summed E-state index contributed by atoms with van der Waals surface area (Å²) in [4.78, 5) is 12.7. The number of amidine groups is 1. The summed E-state index contributed by atoms with van der Waals surface area (Å²) in [5.41, 5.74) is 0. The molecule has 1 aliphatic rings. The zero-order valence-electron chi connectivity index (χ0n) is 4.76. The van der Waals surface area contributed by atoms with Crippen LogP contribution < -0.4 is 0 Å². The monoisotopic (exact) mass is 148 g/mol. The second kappa shape index (κ2) is 2.10. The third-order valence-electron chi connectivity index (χ3n) is 1.02. The summed E-state index contributed by atoms with van der Waals surface area (Å²) in [5.74, 6) is -0.861. The molecule has 0 fully saturated rings. The quantitative estimate of drug-likeness (QED) is 0.255. The average Bonchev–Trinajstić information content (AvgIpc) is 2.11. The molecule has 10 heavy (non-hydrogen) atoms. The van der Waals surface area contributed by atoms with E-state index in [2.05, 4.69) is 4.84 Å². The number of hydrogen-bond donors (Lipinski definition) is 1. The molecule has 0 aromatic heterocycles. The number of aliphatic hydroxyl groups is 1. The maximum absolute atomic E-state index is 10.3. The van der Waals surface area contributed by atoms with Gasteiger partial charge in [-0.1, -0.05) is 0 Å². The summed E-state index contributed by atoms with van der Waals surface area (Å²) < 4.78 is 0. The Bertz CT molecular complexity index is 199. The van der Waals surface area contributed by atoms with Crippen LogP contribution in [-0.2, 0) is 4.84 Å². The van der Waals surface area contributed by atoms with Crippen molar-refractivity contribution in [2.24, 2.45) is 0 Å². The highest BCUT2D eigenvalue weighted by Crippen LogP contribution is 2.00. The van der Waals surface area contributed by atoms with E-state index in [0.29, 0.717) is 0 Å². The summed E-state index contributed by atoms with van der Waals surface area (Å²) >= 11 is 0. The van der Waals surface area contributed by atoms with Gasteiger partial charge in [0.05, 0.1) is 6.61 Å². The Balaban J connectivity index is 2.88. The van der Waals surface area contributed by atoms with Gasteiger partial charge >= 0.3 is 5.84 Å². The van der Waals surface area contributed by atoms with E-state index in [1.165, 1.54) is 0 Å². The Kier molecular flexibility index (Phi) is 1.42. The molecule has 0 amide bonds. The number of nitrogens with zero attached hydrogens (tertiary/aromatic N) is 2. The van der Waals surface area contributed by atoms with Crippen molar-refractivity contribution in [3.05, 3.63) is 15.3 Å². The van der Waals surface area contributed by atoms with Crippen molar-refractivity contribution in [1.29, 1.82) is 0 Å². The van der Waals surface area contributed by atoms with Crippen LogP contribution in [0.25, 0.3) is 0 Å². The van der Waals surface area contributed by atoms with Gasteiger partial charge in [-0.2, -0.15) is 0 Å². The highest BCUT2D eigenvalue weighted by molar-refractivity contribution is 5.74. The summed E-state index contributed by atoms with van der Waals surface area (Å²) in [6, 6.07) is 0. The number of nitro groups is 1. The molecule has 0 aliphatic carbocycles. The molecule has 1 N–H and O–H groups in total. The molecule has 1 heterocycles. The molecule has 0 spiro atoms. The number of hydrogen-bond acceptors (Lipinski definition) is 5. The van der Waals surface area contributed by atoms with Crippen LogP contribution in [0.5, 0.6) is 0 Å². The molecule has 0 saturated carbocycles. The van der Waals surface area contributed by atoms with Crippen LogP contribution in [-0.4, -0.2) is 33.5 Å². The van der Waals surface area contributed by atoms with E-state index in [4.69, 9.17) is 5.11 Å². The second-order valence-electron chi connectivity index (χ2n) is 1.68. The van der Waals surface area contributed by atoms with Crippen molar-refractivity contribution in [3.8, 4) is 0 Å². The Labute approximate surface area is 54.8 Å². The molecule has 0 aromatic carbocycles. The van der Waals surface area contributed by atoms with Crippen LogP contribution in [0.2, 0.25) is 0 Å². The van der Waals surface area contributed by atoms with Gasteiger partial charge < -0.3 is 9.94 Å². The standard InChI is InChI=1S/C3H4N2O5/c6-2-1-10-5(9)3(2)4(7)8/h2,6H,1H2/t2-/m0/s1. The van der Waals surface area contributed by atoms with Crippen LogP contribution in [0.15, 0.2) is 0 Å². The minimum absolute atomic E-state index is 0.287. The predicted octanol–water partition coefficient (Wildman–Crippen LogP) is -1.52. The predicted molar refractivity (Wildman–Crippen MR) is 27.6 cm³/mol. The fourth-order valence-electron chi connectivity index (χ4n) is 0.589. The lowest BCUT2D eigenvalue weighted by molar-refractivity contribution is -0.747. The van der Waals surface area contributed by atoms with E-state index < -0.39 is 16.9 Å². The van der Waals surface area contributed by atoms with E-state index in [1.54, 1.807) is 0 Å². The SMILES string of the molecule is O=[N+]([O-])C1=[N+]([O-])OC[C@@H]1O. The lowest BCUT2D eigenvalue weighted by Crippen LogP contribution is -2.29. The van der Waals surface area contributed by atoms with E-state index >= 15 is 0 Å². The second-order valence-corrected chi connectivity index (χ2v) is 1.68. The first-order valence-electron chi connectivity index (χ1n) is 2.42. The molecular weight excluding hydrogens is 144 g/mol. The van der Waals surface area contributed by atoms with Gasteiger partial charge in [-0.25, -0.2) is 0 Å². The third-order valence-corrected chi connectivity index (χ3v) is 1.02. The molecule has 1 aliphatic heterocycles. The molecule has 0 bridgehead atoms. The van der Waals surface area contributed by atoms with E-state index in [1.807, 2.05) is 0 Å². The molecule has 7 nitrogen and oxygen atoms in total. The average molecular weight is 148 g/mol. The Morgan fingerprint density at radius 1 is 1.90 bits per heavy atom. The molecule has 7 heteroatoms. The van der Waals surface area contributed by atoms with Gasteiger partial charge in [-0.05, 0) is 0 Å². The van der Waals surface area contributed by atoms with Gasteiger partial charge in [-0.15, -0.1) is 0 Å². The molecule has 1 atom stereocenters. The number of aliphatic hydroxyl groups excluding tert-OH is 1. The molecule has 56 valence electrons. The first kappa shape index (κ1) is 6.75. The van der Waals surface area contributed by atoms with Crippen LogP contribution in [0.1, 0.15) is 0 Å². The van der Waals surface area contributed by atoms with Crippen LogP contribution in [0.4, 0.5) is 0 Å². The zero-order valence-corrected chi connectivity index (χ0v) is 4.76. The van der Waals surface area contributed by atoms with Crippen LogP contribution >= 0.6 is 0 Å². The summed E-state index contributed by atoms with van der Waals surface area (Å²) in [6.45, 7) is -0.347. The van der Waals surface area contributed by atoms with E-state index in [9.17, 15) is 15.3 Å². The summed E-state index contributed by atoms with van der Waals surface area (Å²) in [5, 5.41) is 28.9. The Morgan fingerprint density at radius 3 is 2.70 bits per heavy atom. The first-order chi connectivity index (χ1) is 4.63. The Morgan fingerprint density at radius 2 is 2.50 bits per heavy atom.